The highest BCUT2D eigenvalue weighted by Gasteiger charge is 2.24. The number of aliphatic hydroxyl groups excluding tert-OH is 2. The molecule has 0 spiro atoms. The van der Waals surface area contributed by atoms with Gasteiger partial charge in [-0.1, -0.05) is 216 Å². The van der Waals surface area contributed by atoms with Gasteiger partial charge in [-0.15, -0.1) is 0 Å². The number of rotatable bonds is 46. The summed E-state index contributed by atoms with van der Waals surface area (Å²) in [5, 5.41) is 23.7. The first kappa shape index (κ1) is 59.3. The molecule has 3 N–H and O–H groups in total. The molecule has 3 atom stereocenters. The van der Waals surface area contributed by atoms with Gasteiger partial charge >= 0.3 is 5.97 Å². The summed E-state index contributed by atoms with van der Waals surface area (Å²) in [6.07, 6.45) is 62.5. The standard InChI is InChI=1S/C56H99NO5/c1-4-7-10-13-16-19-22-25-27-28-29-31-34-37-40-43-46-49-56(61)62-52(47-44-41-38-35-32-30-26-23-20-17-14-11-8-5-2)50-55(60)57-53(51-58)54(59)48-45-42-39-36-33-24-21-18-15-12-9-6-3/h7,10,16,19,25,27,29-32,37,40,52-54,58-59H,4-6,8-9,11-15,17-18,20-24,26,28,33-36,38-39,41-51H2,1-3H3,(H,57,60)/b10-7-,19-16-,27-25-,31-29-,32-30+,40-37-. The molecular weight excluding hydrogens is 767 g/mol. The number of hydrogen-bond acceptors (Lipinski definition) is 5. The molecule has 0 aliphatic heterocycles. The molecule has 0 aromatic carbocycles. The fourth-order valence-corrected chi connectivity index (χ4v) is 7.58. The van der Waals surface area contributed by atoms with Gasteiger partial charge in [0.2, 0.25) is 5.91 Å². The summed E-state index contributed by atoms with van der Waals surface area (Å²) in [4.78, 5) is 26.1. The molecule has 0 aromatic rings. The Morgan fingerprint density at radius 1 is 0.484 bits per heavy atom. The summed E-state index contributed by atoms with van der Waals surface area (Å²) >= 11 is 0. The number of hydrogen-bond donors (Lipinski definition) is 3. The monoisotopic (exact) mass is 866 g/mol. The molecule has 0 saturated carbocycles. The third-order valence-corrected chi connectivity index (χ3v) is 11.5. The van der Waals surface area contributed by atoms with Gasteiger partial charge in [0.1, 0.15) is 6.10 Å². The number of nitrogens with one attached hydrogen (secondary N) is 1. The Morgan fingerprint density at radius 2 is 0.871 bits per heavy atom. The molecule has 62 heavy (non-hydrogen) atoms. The van der Waals surface area contributed by atoms with Crippen LogP contribution in [0.3, 0.4) is 0 Å². The summed E-state index contributed by atoms with van der Waals surface area (Å²) in [6, 6.07) is -0.720. The van der Waals surface area contributed by atoms with Gasteiger partial charge in [0.05, 0.1) is 25.2 Å². The van der Waals surface area contributed by atoms with Crippen LogP contribution in [-0.2, 0) is 14.3 Å². The lowest BCUT2D eigenvalue weighted by molar-refractivity contribution is -0.151. The van der Waals surface area contributed by atoms with Crippen molar-refractivity contribution < 1.29 is 24.5 Å². The minimum atomic E-state index is -0.803. The minimum Gasteiger partial charge on any atom is -0.462 e. The van der Waals surface area contributed by atoms with E-state index in [1.807, 2.05) is 0 Å². The first-order chi connectivity index (χ1) is 30.5. The van der Waals surface area contributed by atoms with Crippen LogP contribution in [0.4, 0.5) is 0 Å². The Morgan fingerprint density at radius 3 is 1.35 bits per heavy atom. The Labute approximate surface area is 383 Å². The summed E-state index contributed by atoms with van der Waals surface area (Å²) in [5.41, 5.74) is 0. The maximum Gasteiger partial charge on any atom is 0.306 e. The number of carbonyl (C=O) groups excluding carboxylic acids is 2. The van der Waals surface area contributed by atoms with Gasteiger partial charge in [0.25, 0.3) is 0 Å². The Balaban J connectivity index is 4.70. The number of unbranched alkanes of at least 4 members (excludes halogenated alkanes) is 22. The van der Waals surface area contributed by atoms with Crippen molar-refractivity contribution in [1.29, 1.82) is 0 Å². The Bertz CT molecular complexity index is 1150. The molecule has 0 fully saturated rings. The fraction of sp³-hybridized carbons (Fsp3) is 0.750. The molecule has 3 unspecified atom stereocenters. The molecule has 0 saturated heterocycles. The Kier molecular flexibility index (Phi) is 47.2. The van der Waals surface area contributed by atoms with Crippen LogP contribution in [0.15, 0.2) is 72.9 Å². The van der Waals surface area contributed by atoms with Crippen molar-refractivity contribution in [3.8, 4) is 0 Å². The predicted octanol–water partition coefficient (Wildman–Crippen LogP) is 15.8. The summed E-state index contributed by atoms with van der Waals surface area (Å²) in [5.74, 6) is -0.558. The molecule has 358 valence electrons. The third-order valence-electron chi connectivity index (χ3n) is 11.5. The van der Waals surface area contributed by atoms with Gasteiger partial charge in [0, 0.05) is 6.42 Å². The highest BCUT2D eigenvalue weighted by Crippen LogP contribution is 2.17. The maximum absolute atomic E-state index is 13.2. The van der Waals surface area contributed by atoms with E-state index < -0.39 is 18.2 Å². The molecule has 6 heteroatoms. The molecule has 0 aliphatic carbocycles. The normalized spacial score (nSPS) is 13.8. The van der Waals surface area contributed by atoms with Crippen molar-refractivity contribution in [3.05, 3.63) is 72.9 Å². The summed E-state index contributed by atoms with van der Waals surface area (Å²) in [6.45, 7) is 6.35. The molecule has 1 amide bonds. The SMILES string of the molecule is CC/C=C\C/C=C\C/C=C\C/C=C\C/C=C\CCCC(=O)OC(CCCCC/C=C/CCCCCCCCC)CC(=O)NC(CO)C(O)CCCCCCCCCCCCCC. The highest BCUT2D eigenvalue weighted by molar-refractivity contribution is 5.77. The number of ether oxygens (including phenoxy) is 1. The largest absolute Gasteiger partial charge is 0.462 e. The lowest BCUT2D eigenvalue weighted by Gasteiger charge is -2.24. The van der Waals surface area contributed by atoms with Gasteiger partial charge < -0.3 is 20.3 Å². The smallest absolute Gasteiger partial charge is 0.306 e. The first-order valence-electron chi connectivity index (χ1n) is 26.2. The number of esters is 1. The van der Waals surface area contributed by atoms with Crippen LogP contribution < -0.4 is 5.32 Å². The van der Waals surface area contributed by atoms with Gasteiger partial charge in [-0.25, -0.2) is 0 Å². The quantitative estimate of drug-likeness (QED) is 0.0322. The fourth-order valence-electron chi connectivity index (χ4n) is 7.58. The van der Waals surface area contributed by atoms with E-state index >= 15 is 0 Å². The van der Waals surface area contributed by atoms with Gasteiger partial charge in [0.15, 0.2) is 0 Å². The summed E-state index contributed by atoms with van der Waals surface area (Å²) in [7, 11) is 0. The second-order valence-electron chi connectivity index (χ2n) is 17.5. The summed E-state index contributed by atoms with van der Waals surface area (Å²) < 4.78 is 5.90. The zero-order chi connectivity index (χ0) is 45.2. The Hall–Kier alpha value is -2.70. The van der Waals surface area contributed by atoms with Crippen LogP contribution >= 0.6 is 0 Å². The number of allylic oxidation sites excluding steroid dienone is 12. The highest BCUT2D eigenvalue weighted by atomic mass is 16.5. The number of aliphatic hydroxyl groups is 2. The van der Waals surface area contributed by atoms with Crippen molar-refractivity contribution >= 4 is 11.9 Å². The molecule has 0 aromatic heterocycles. The average Bonchev–Trinajstić information content (AvgIpc) is 3.26. The molecular formula is C56H99NO5. The van der Waals surface area contributed by atoms with Crippen LogP contribution in [-0.4, -0.2) is 46.9 Å². The molecule has 0 rings (SSSR count). The van der Waals surface area contributed by atoms with Crippen LogP contribution in [0.1, 0.15) is 245 Å². The topological polar surface area (TPSA) is 95.9 Å². The van der Waals surface area contributed by atoms with E-state index in [9.17, 15) is 19.8 Å². The average molecular weight is 866 g/mol. The third kappa shape index (κ3) is 43.9. The van der Waals surface area contributed by atoms with Crippen LogP contribution in [0.2, 0.25) is 0 Å². The van der Waals surface area contributed by atoms with E-state index in [1.165, 1.54) is 103 Å². The van der Waals surface area contributed by atoms with Gasteiger partial charge in [-0.05, 0) is 89.9 Å². The van der Waals surface area contributed by atoms with E-state index in [0.29, 0.717) is 25.7 Å². The first-order valence-corrected chi connectivity index (χ1v) is 26.2. The van der Waals surface area contributed by atoms with Crippen LogP contribution in [0.5, 0.6) is 0 Å². The van der Waals surface area contributed by atoms with Crippen LogP contribution in [0.25, 0.3) is 0 Å². The van der Waals surface area contributed by atoms with E-state index in [2.05, 4.69) is 99.0 Å². The minimum absolute atomic E-state index is 0.0423. The molecule has 0 radical (unpaired) electrons. The van der Waals surface area contributed by atoms with E-state index in [4.69, 9.17) is 4.74 Å². The van der Waals surface area contributed by atoms with Gasteiger partial charge in [-0.3, -0.25) is 9.59 Å². The lowest BCUT2D eigenvalue weighted by Crippen LogP contribution is -2.46. The zero-order valence-corrected chi connectivity index (χ0v) is 40.7. The number of amides is 1. The van der Waals surface area contributed by atoms with Crippen molar-refractivity contribution in [1.82, 2.24) is 5.32 Å². The molecule has 0 heterocycles. The van der Waals surface area contributed by atoms with E-state index in [-0.39, 0.29) is 24.9 Å². The van der Waals surface area contributed by atoms with E-state index in [1.54, 1.807) is 0 Å². The second-order valence-corrected chi connectivity index (χ2v) is 17.5. The second kappa shape index (κ2) is 49.3. The molecule has 0 aliphatic rings. The molecule has 0 bridgehead atoms. The van der Waals surface area contributed by atoms with Crippen molar-refractivity contribution in [2.24, 2.45) is 0 Å². The zero-order valence-electron chi connectivity index (χ0n) is 40.7. The van der Waals surface area contributed by atoms with E-state index in [0.717, 1.165) is 89.9 Å². The maximum atomic E-state index is 13.2. The predicted molar refractivity (Wildman–Crippen MR) is 268 cm³/mol. The number of carbonyl (C=O) groups is 2. The van der Waals surface area contributed by atoms with Gasteiger partial charge in [-0.2, -0.15) is 0 Å². The lowest BCUT2D eigenvalue weighted by atomic mass is 10.0. The molecule has 6 nitrogen and oxygen atoms in total. The van der Waals surface area contributed by atoms with Crippen molar-refractivity contribution in [3.63, 3.8) is 0 Å². The van der Waals surface area contributed by atoms with Crippen molar-refractivity contribution in [2.75, 3.05) is 6.61 Å². The van der Waals surface area contributed by atoms with Crippen LogP contribution in [0, 0.1) is 0 Å². The van der Waals surface area contributed by atoms with Crippen molar-refractivity contribution in [2.45, 2.75) is 264 Å².